The molecule has 0 aromatic heterocycles. The van der Waals surface area contributed by atoms with Crippen LogP contribution >= 0.6 is 0 Å². The molecule has 0 heterocycles. The minimum absolute atomic E-state index is 0.144. The number of carbonyl (C=O) groups is 1. The van der Waals surface area contributed by atoms with E-state index in [4.69, 9.17) is 4.74 Å². The van der Waals surface area contributed by atoms with Crippen molar-refractivity contribution < 1.29 is 9.53 Å². The molecule has 1 rings (SSSR count). The van der Waals surface area contributed by atoms with E-state index in [1.807, 2.05) is 63.3 Å². The fourth-order valence-electron chi connectivity index (χ4n) is 1.59. The van der Waals surface area contributed by atoms with Crippen molar-refractivity contribution in [3.8, 4) is 0 Å². The summed E-state index contributed by atoms with van der Waals surface area (Å²) in [6, 6.07) is 9.96. The van der Waals surface area contributed by atoms with Crippen molar-refractivity contribution in [1.29, 1.82) is 0 Å². The number of rotatable bonds is 5. The molecular weight excluding hydrogens is 212 g/mol. The Labute approximate surface area is 103 Å². The molecule has 0 saturated carbocycles. The van der Waals surface area contributed by atoms with Crippen LogP contribution < -0.4 is 0 Å². The molecule has 1 atom stereocenters. The van der Waals surface area contributed by atoms with Gasteiger partial charge in [-0.1, -0.05) is 56.3 Å². The van der Waals surface area contributed by atoms with Crippen LogP contribution in [0, 0.1) is 11.8 Å². The maximum absolute atomic E-state index is 11.7. The Morgan fingerprint density at radius 3 is 2.47 bits per heavy atom. The second-order valence-electron chi connectivity index (χ2n) is 4.29. The van der Waals surface area contributed by atoms with Gasteiger partial charge >= 0.3 is 5.97 Å². The van der Waals surface area contributed by atoms with Gasteiger partial charge in [0.25, 0.3) is 0 Å². The van der Waals surface area contributed by atoms with E-state index < -0.39 is 0 Å². The molecule has 0 N–H and O–H groups in total. The lowest BCUT2D eigenvalue weighted by molar-refractivity contribution is -0.147. The largest absolute Gasteiger partial charge is 0.466 e. The van der Waals surface area contributed by atoms with Gasteiger partial charge in [-0.05, 0) is 18.4 Å². The summed E-state index contributed by atoms with van der Waals surface area (Å²) in [5.41, 5.74) is 1.10. The van der Waals surface area contributed by atoms with Crippen molar-refractivity contribution in [3.05, 3.63) is 42.0 Å². The van der Waals surface area contributed by atoms with Gasteiger partial charge in [0.15, 0.2) is 0 Å². The molecule has 2 nitrogen and oxygen atoms in total. The van der Waals surface area contributed by atoms with Gasteiger partial charge in [0.1, 0.15) is 0 Å². The topological polar surface area (TPSA) is 26.3 Å². The Balaban J connectivity index is 2.73. The fraction of sp³-hybridized carbons (Fsp3) is 0.400. The molecule has 0 bridgehead atoms. The van der Waals surface area contributed by atoms with E-state index in [1.165, 1.54) is 0 Å². The van der Waals surface area contributed by atoms with Gasteiger partial charge in [0.05, 0.1) is 12.5 Å². The molecule has 1 aromatic rings. The molecule has 1 unspecified atom stereocenters. The van der Waals surface area contributed by atoms with Crippen molar-refractivity contribution in [1.82, 2.24) is 0 Å². The first-order valence-corrected chi connectivity index (χ1v) is 6.05. The van der Waals surface area contributed by atoms with Crippen LogP contribution in [0.4, 0.5) is 0 Å². The Morgan fingerprint density at radius 1 is 1.29 bits per heavy atom. The van der Waals surface area contributed by atoms with Crippen LogP contribution in [0.1, 0.15) is 26.3 Å². The summed E-state index contributed by atoms with van der Waals surface area (Å²) in [6.45, 7) is 6.31. The van der Waals surface area contributed by atoms with Gasteiger partial charge in [0.2, 0.25) is 0 Å². The van der Waals surface area contributed by atoms with Crippen LogP contribution in [0.5, 0.6) is 0 Å². The lowest BCUT2D eigenvalue weighted by Gasteiger charge is -2.15. The lowest BCUT2D eigenvalue weighted by Crippen LogP contribution is -2.20. The van der Waals surface area contributed by atoms with E-state index in [0.29, 0.717) is 6.61 Å². The van der Waals surface area contributed by atoms with Gasteiger partial charge in [-0.15, -0.1) is 0 Å². The molecule has 0 aliphatic rings. The first-order valence-electron chi connectivity index (χ1n) is 6.05. The van der Waals surface area contributed by atoms with E-state index in [1.54, 1.807) is 0 Å². The van der Waals surface area contributed by atoms with Crippen LogP contribution in [-0.4, -0.2) is 12.6 Å². The summed E-state index contributed by atoms with van der Waals surface area (Å²) >= 11 is 0. The molecule has 0 saturated heterocycles. The maximum Gasteiger partial charge on any atom is 0.313 e. The summed E-state index contributed by atoms with van der Waals surface area (Å²) in [6.07, 6.45) is 3.90. The minimum Gasteiger partial charge on any atom is -0.466 e. The first kappa shape index (κ1) is 13.5. The third-order valence-electron chi connectivity index (χ3n) is 2.57. The van der Waals surface area contributed by atoms with Gasteiger partial charge in [-0.25, -0.2) is 0 Å². The fourth-order valence-corrected chi connectivity index (χ4v) is 1.59. The predicted octanol–water partition coefficient (Wildman–Crippen LogP) is 3.54. The van der Waals surface area contributed by atoms with E-state index >= 15 is 0 Å². The number of benzene rings is 1. The molecule has 2 heteroatoms. The molecule has 0 amide bonds. The summed E-state index contributed by atoms with van der Waals surface area (Å²) in [7, 11) is 0. The van der Waals surface area contributed by atoms with E-state index in [9.17, 15) is 4.79 Å². The molecule has 0 fully saturated rings. The quantitative estimate of drug-likeness (QED) is 0.726. The van der Waals surface area contributed by atoms with E-state index in [-0.39, 0.29) is 17.8 Å². The molecule has 1 aromatic carbocycles. The average molecular weight is 232 g/mol. The monoisotopic (exact) mass is 232 g/mol. The van der Waals surface area contributed by atoms with Gasteiger partial charge < -0.3 is 4.74 Å². The SMILES string of the molecule is CCOC(=O)C(/C=C/c1ccccc1)C(C)C. The van der Waals surface area contributed by atoms with Crippen LogP contribution in [-0.2, 0) is 9.53 Å². The standard InChI is InChI=1S/C15H20O2/c1-4-17-15(16)14(12(2)3)11-10-13-8-6-5-7-9-13/h5-12,14H,4H2,1-3H3/b11-10+. The Morgan fingerprint density at radius 2 is 1.94 bits per heavy atom. The number of hydrogen-bond donors (Lipinski definition) is 0. The van der Waals surface area contributed by atoms with Crippen LogP contribution in [0.3, 0.4) is 0 Å². The number of hydrogen-bond acceptors (Lipinski definition) is 2. The second kappa shape index (κ2) is 6.89. The molecule has 0 spiro atoms. The lowest BCUT2D eigenvalue weighted by atomic mass is 9.95. The van der Waals surface area contributed by atoms with E-state index in [2.05, 4.69) is 0 Å². The average Bonchev–Trinajstić information content (AvgIpc) is 2.30. The normalized spacial score (nSPS) is 12.9. The second-order valence-corrected chi connectivity index (χ2v) is 4.29. The van der Waals surface area contributed by atoms with Crippen LogP contribution in [0.2, 0.25) is 0 Å². The van der Waals surface area contributed by atoms with Crippen LogP contribution in [0.25, 0.3) is 6.08 Å². The zero-order valence-corrected chi connectivity index (χ0v) is 10.7. The Kier molecular flexibility index (Phi) is 5.47. The van der Waals surface area contributed by atoms with Gasteiger partial charge in [-0.2, -0.15) is 0 Å². The number of esters is 1. The van der Waals surface area contributed by atoms with Crippen molar-refractivity contribution in [2.24, 2.45) is 11.8 Å². The third kappa shape index (κ3) is 4.43. The van der Waals surface area contributed by atoms with Crippen molar-refractivity contribution in [2.75, 3.05) is 6.61 Å². The number of ether oxygens (including phenoxy) is 1. The molecule has 0 aliphatic carbocycles. The summed E-state index contributed by atoms with van der Waals surface area (Å²) in [5.74, 6) is -0.0705. The van der Waals surface area contributed by atoms with Crippen molar-refractivity contribution >= 4 is 12.0 Å². The highest BCUT2D eigenvalue weighted by molar-refractivity contribution is 5.76. The zero-order valence-electron chi connectivity index (χ0n) is 10.7. The maximum atomic E-state index is 11.7. The van der Waals surface area contributed by atoms with Crippen molar-refractivity contribution in [3.63, 3.8) is 0 Å². The number of carbonyl (C=O) groups excluding carboxylic acids is 1. The van der Waals surface area contributed by atoms with Crippen LogP contribution in [0.15, 0.2) is 36.4 Å². The zero-order chi connectivity index (χ0) is 12.7. The highest BCUT2D eigenvalue weighted by Gasteiger charge is 2.20. The van der Waals surface area contributed by atoms with Gasteiger partial charge in [-0.3, -0.25) is 4.79 Å². The summed E-state index contributed by atoms with van der Waals surface area (Å²) in [5, 5.41) is 0. The highest BCUT2D eigenvalue weighted by Crippen LogP contribution is 2.16. The van der Waals surface area contributed by atoms with Crippen molar-refractivity contribution in [2.45, 2.75) is 20.8 Å². The van der Waals surface area contributed by atoms with E-state index in [0.717, 1.165) is 5.56 Å². The minimum atomic E-state index is -0.171. The Bertz CT molecular complexity index is 366. The molecular formula is C15H20O2. The predicted molar refractivity (Wildman–Crippen MR) is 70.4 cm³/mol. The first-order chi connectivity index (χ1) is 8.15. The highest BCUT2D eigenvalue weighted by atomic mass is 16.5. The third-order valence-corrected chi connectivity index (χ3v) is 2.57. The summed E-state index contributed by atoms with van der Waals surface area (Å²) < 4.78 is 5.06. The summed E-state index contributed by atoms with van der Waals surface area (Å²) in [4.78, 5) is 11.7. The Hall–Kier alpha value is -1.57. The molecule has 92 valence electrons. The molecule has 0 radical (unpaired) electrons. The van der Waals surface area contributed by atoms with Gasteiger partial charge in [0, 0.05) is 0 Å². The molecule has 17 heavy (non-hydrogen) atoms. The smallest absolute Gasteiger partial charge is 0.313 e. The molecule has 0 aliphatic heterocycles.